The Bertz CT molecular complexity index is 790. The summed E-state index contributed by atoms with van der Waals surface area (Å²) in [5, 5.41) is 13.0. The van der Waals surface area contributed by atoms with Crippen LogP contribution in [0.15, 0.2) is 28.8 Å². The minimum absolute atomic E-state index is 0.467. The first kappa shape index (κ1) is 18.2. The summed E-state index contributed by atoms with van der Waals surface area (Å²) in [5.41, 5.74) is 1.97. The predicted molar refractivity (Wildman–Crippen MR) is 104 cm³/mol. The predicted octanol–water partition coefficient (Wildman–Crippen LogP) is 4.59. The highest BCUT2D eigenvalue weighted by Gasteiger charge is 2.36. The molecular weight excluding hydrogens is 336 g/mol. The number of rotatable bonds is 5. The monoisotopic (exact) mass is 364 g/mol. The molecule has 0 N–H and O–H groups in total. The molecule has 0 spiro atoms. The molecule has 27 heavy (non-hydrogen) atoms. The number of piperidine rings is 1. The Balaban J connectivity index is 1.27. The van der Waals surface area contributed by atoms with Crippen molar-refractivity contribution in [3.05, 3.63) is 35.7 Å². The number of nitrogens with zero attached hydrogens (tertiary/aromatic N) is 4. The molecule has 2 aromatic rings. The van der Waals surface area contributed by atoms with Gasteiger partial charge in [-0.05, 0) is 82.3 Å². The third-order valence-electron chi connectivity index (χ3n) is 6.56. The fraction of sp³-hybridized carbons (Fsp3) is 0.591. The van der Waals surface area contributed by atoms with Crippen molar-refractivity contribution in [1.29, 1.82) is 5.26 Å². The third kappa shape index (κ3) is 4.06. The first-order valence-electron chi connectivity index (χ1n) is 10.2. The van der Waals surface area contributed by atoms with Gasteiger partial charge in [-0.3, -0.25) is 4.90 Å². The van der Waals surface area contributed by atoms with Crippen LogP contribution in [0.4, 0.5) is 0 Å². The van der Waals surface area contributed by atoms with Crippen LogP contribution in [0.3, 0.4) is 0 Å². The van der Waals surface area contributed by atoms with Crippen molar-refractivity contribution in [1.82, 2.24) is 15.0 Å². The van der Waals surface area contributed by atoms with Crippen LogP contribution in [-0.2, 0) is 6.42 Å². The SMILES string of the molecule is CC1(N2CCC(CCc3noc(-c4ccc(C#N)cc4)n3)CC2)CCCC1. The van der Waals surface area contributed by atoms with E-state index < -0.39 is 0 Å². The number of hydrogen-bond donors (Lipinski definition) is 0. The maximum Gasteiger partial charge on any atom is 0.257 e. The molecular formula is C22H28N4O. The second-order valence-corrected chi connectivity index (χ2v) is 8.38. The number of hydrogen-bond acceptors (Lipinski definition) is 5. The van der Waals surface area contributed by atoms with Crippen LogP contribution >= 0.6 is 0 Å². The molecule has 5 heteroatoms. The van der Waals surface area contributed by atoms with Crippen LogP contribution < -0.4 is 0 Å². The molecule has 142 valence electrons. The molecule has 0 unspecified atom stereocenters. The Labute approximate surface area is 161 Å². The van der Waals surface area contributed by atoms with E-state index in [0.717, 1.165) is 30.1 Å². The van der Waals surface area contributed by atoms with Gasteiger partial charge in [0.05, 0.1) is 11.6 Å². The normalized spacial score (nSPS) is 20.6. The molecule has 1 aliphatic carbocycles. The van der Waals surface area contributed by atoms with E-state index in [0.29, 0.717) is 17.0 Å². The Morgan fingerprint density at radius 1 is 1.19 bits per heavy atom. The summed E-state index contributed by atoms with van der Waals surface area (Å²) < 4.78 is 5.41. The molecule has 1 aromatic carbocycles. The van der Waals surface area contributed by atoms with E-state index >= 15 is 0 Å². The van der Waals surface area contributed by atoms with Crippen LogP contribution in [0.25, 0.3) is 11.5 Å². The number of aryl methyl sites for hydroxylation is 1. The highest BCUT2D eigenvalue weighted by atomic mass is 16.5. The van der Waals surface area contributed by atoms with Crippen molar-refractivity contribution >= 4 is 0 Å². The van der Waals surface area contributed by atoms with E-state index in [4.69, 9.17) is 9.78 Å². The summed E-state index contributed by atoms with van der Waals surface area (Å²) in [4.78, 5) is 7.28. The van der Waals surface area contributed by atoms with E-state index in [-0.39, 0.29) is 0 Å². The lowest BCUT2D eigenvalue weighted by Gasteiger charge is -2.43. The Morgan fingerprint density at radius 2 is 1.89 bits per heavy atom. The lowest BCUT2D eigenvalue weighted by Crippen LogP contribution is -2.48. The van der Waals surface area contributed by atoms with Crippen LogP contribution in [0, 0.1) is 17.2 Å². The molecule has 0 bridgehead atoms. The molecule has 1 aromatic heterocycles. The molecule has 0 radical (unpaired) electrons. The van der Waals surface area contributed by atoms with Gasteiger partial charge in [-0.15, -0.1) is 0 Å². The fourth-order valence-corrected chi connectivity index (χ4v) is 4.71. The van der Waals surface area contributed by atoms with E-state index in [1.165, 1.54) is 51.6 Å². The first-order valence-corrected chi connectivity index (χ1v) is 10.2. The van der Waals surface area contributed by atoms with E-state index in [9.17, 15) is 0 Å². The van der Waals surface area contributed by atoms with Crippen LogP contribution in [-0.4, -0.2) is 33.7 Å². The summed E-state index contributed by atoms with van der Waals surface area (Å²) in [6.45, 7) is 4.94. The zero-order valence-electron chi connectivity index (χ0n) is 16.2. The second-order valence-electron chi connectivity index (χ2n) is 8.38. The Morgan fingerprint density at radius 3 is 2.56 bits per heavy atom. The Hall–Kier alpha value is -2.19. The van der Waals surface area contributed by atoms with Crippen molar-refractivity contribution < 1.29 is 4.52 Å². The van der Waals surface area contributed by atoms with Crippen LogP contribution in [0.5, 0.6) is 0 Å². The minimum Gasteiger partial charge on any atom is -0.334 e. The van der Waals surface area contributed by atoms with E-state index in [2.05, 4.69) is 28.0 Å². The molecule has 1 saturated heterocycles. The quantitative estimate of drug-likeness (QED) is 0.776. The fourth-order valence-electron chi connectivity index (χ4n) is 4.71. The van der Waals surface area contributed by atoms with Crippen molar-refractivity contribution in [2.75, 3.05) is 13.1 Å². The van der Waals surface area contributed by atoms with Gasteiger partial charge in [0.25, 0.3) is 5.89 Å². The maximum atomic E-state index is 8.88. The number of nitriles is 1. The number of aromatic nitrogens is 2. The largest absolute Gasteiger partial charge is 0.334 e. The molecule has 4 rings (SSSR count). The minimum atomic E-state index is 0.467. The molecule has 1 aliphatic heterocycles. The zero-order valence-corrected chi connectivity index (χ0v) is 16.2. The van der Waals surface area contributed by atoms with Gasteiger partial charge in [0, 0.05) is 17.5 Å². The third-order valence-corrected chi connectivity index (χ3v) is 6.56. The summed E-state index contributed by atoms with van der Waals surface area (Å²) >= 11 is 0. The highest BCUT2D eigenvalue weighted by molar-refractivity contribution is 5.54. The molecule has 0 atom stereocenters. The van der Waals surface area contributed by atoms with Crippen molar-refractivity contribution in [2.45, 2.75) is 63.8 Å². The van der Waals surface area contributed by atoms with Crippen LogP contribution in [0.1, 0.15) is 63.3 Å². The zero-order chi connectivity index (χ0) is 18.7. The average molecular weight is 364 g/mol. The smallest absolute Gasteiger partial charge is 0.257 e. The second kappa shape index (κ2) is 7.82. The topological polar surface area (TPSA) is 66.0 Å². The molecule has 2 fully saturated rings. The number of benzene rings is 1. The van der Waals surface area contributed by atoms with Gasteiger partial charge in [-0.1, -0.05) is 18.0 Å². The summed E-state index contributed by atoms with van der Waals surface area (Å²) in [5.74, 6) is 2.10. The van der Waals surface area contributed by atoms with Crippen molar-refractivity contribution in [2.24, 2.45) is 5.92 Å². The van der Waals surface area contributed by atoms with Gasteiger partial charge in [0.15, 0.2) is 5.82 Å². The molecule has 0 amide bonds. The van der Waals surface area contributed by atoms with Gasteiger partial charge in [0.1, 0.15) is 0 Å². The standard InChI is InChI=1S/C22H28N4O/c1-22(12-2-3-13-22)26-14-10-17(11-15-26)6-9-20-24-21(27-25-20)19-7-4-18(16-23)5-8-19/h4-5,7-8,17H,2-3,6,9-15H2,1H3. The van der Waals surface area contributed by atoms with Gasteiger partial charge < -0.3 is 4.52 Å². The number of likely N-dealkylation sites (tertiary alicyclic amines) is 1. The maximum absolute atomic E-state index is 8.88. The average Bonchev–Trinajstić information content (AvgIpc) is 3.37. The molecule has 1 saturated carbocycles. The summed E-state index contributed by atoms with van der Waals surface area (Å²) in [7, 11) is 0. The summed E-state index contributed by atoms with van der Waals surface area (Å²) in [6, 6.07) is 9.38. The van der Waals surface area contributed by atoms with Crippen molar-refractivity contribution in [3.63, 3.8) is 0 Å². The Kier molecular flexibility index (Phi) is 5.27. The van der Waals surface area contributed by atoms with Gasteiger partial charge in [0.2, 0.25) is 0 Å². The lowest BCUT2D eigenvalue weighted by atomic mass is 9.88. The molecule has 2 heterocycles. The van der Waals surface area contributed by atoms with Gasteiger partial charge >= 0.3 is 0 Å². The molecule has 5 nitrogen and oxygen atoms in total. The summed E-state index contributed by atoms with van der Waals surface area (Å²) in [6.07, 6.45) is 10.1. The highest BCUT2D eigenvalue weighted by Crippen LogP contribution is 2.37. The van der Waals surface area contributed by atoms with E-state index in [1.54, 1.807) is 12.1 Å². The lowest BCUT2D eigenvalue weighted by molar-refractivity contribution is 0.0646. The van der Waals surface area contributed by atoms with Gasteiger partial charge in [-0.25, -0.2) is 0 Å². The first-order chi connectivity index (χ1) is 13.2. The van der Waals surface area contributed by atoms with Crippen molar-refractivity contribution in [3.8, 4) is 17.5 Å². The van der Waals surface area contributed by atoms with E-state index in [1.807, 2.05) is 12.1 Å². The van der Waals surface area contributed by atoms with Gasteiger partial charge in [-0.2, -0.15) is 10.2 Å². The van der Waals surface area contributed by atoms with Crippen LogP contribution in [0.2, 0.25) is 0 Å². The molecule has 2 aliphatic rings.